The third-order valence-corrected chi connectivity index (χ3v) is 6.10. The van der Waals surface area contributed by atoms with E-state index >= 15 is 0 Å². The van der Waals surface area contributed by atoms with Crippen molar-refractivity contribution in [2.75, 3.05) is 11.9 Å². The molecule has 2 unspecified atom stereocenters. The molecule has 1 aliphatic heterocycles. The van der Waals surface area contributed by atoms with E-state index in [1.807, 2.05) is 20.0 Å². The molecule has 0 spiro atoms. The first-order valence-corrected chi connectivity index (χ1v) is 10.7. The van der Waals surface area contributed by atoms with Crippen LogP contribution in [0.15, 0.2) is 36.7 Å². The Labute approximate surface area is 183 Å². The second kappa shape index (κ2) is 7.81. The first kappa shape index (κ1) is 20.8. The van der Waals surface area contributed by atoms with Gasteiger partial charge in [0.15, 0.2) is 0 Å². The minimum absolute atomic E-state index is 0.0497. The van der Waals surface area contributed by atoms with E-state index < -0.39 is 18.0 Å². The molecule has 3 aromatic rings. The zero-order valence-corrected chi connectivity index (χ0v) is 17.8. The second-order valence-corrected chi connectivity index (χ2v) is 8.77. The van der Waals surface area contributed by atoms with Crippen molar-refractivity contribution in [3.05, 3.63) is 53.6 Å². The van der Waals surface area contributed by atoms with Gasteiger partial charge in [0.2, 0.25) is 0 Å². The maximum atomic E-state index is 13.1. The summed E-state index contributed by atoms with van der Waals surface area (Å²) >= 11 is 0. The molecule has 2 fully saturated rings. The van der Waals surface area contributed by atoms with E-state index in [0.29, 0.717) is 24.1 Å². The van der Waals surface area contributed by atoms with Gasteiger partial charge in [-0.1, -0.05) is 6.07 Å². The molecule has 7 nitrogen and oxygen atoms in total. The van der Waals surface area contributed by atoms with Gasteiger partial charge in [-0.05, 0) is 45.2 Å². The Balaban J connectivity index is 1.50. The van der Waals surface area contributed by atoms with Crippen molar-refractivity contribution in [2.45, 2.75) is 57.2 Å². The predicted octanol–water partition coefficient (Wildman–Crippen LogP) is 4.53. The number of halogens is 2. The number of carbonyl (C=O) groups is 1. The van der Waals surface area contributed by atoms with Crippen LogP contribution in [-0.4, -0.2) is 39.1 Å². The largest absolute Gasteiger partial charge is 0.490 e. The summed E-state index contributed by atoms with van der Waals surface area (Å²) in [4.78, 5) is 21.7. The van der Waals surface area contributed by atoms with Crippen LogP contribution in [0.1, 0.15) is 61.3 Å². The van der Waals surface area contributed by atoms with Crippen molar-refractivity contribution < 1.29 is 23.0 Å². The summed E-state index contributed by atoms with van der Waals surface area (Å²) in [7, 11) is 0. The molecule has 4 heterocycles. The fourth-order valence-electron chi connectivity index (χ4n) is 4.55. The first-order chi connectivity index (χ1) is 15.3. The molecule has 9 heteroatoms. The van der Waals surface area contributed by atoms with Crippen molar-refractivity contribution in [3.8, 4) is 5.75 Å². The van der Waals surface area contributed by atoms with Crippen LogP contribution in [0.4, 0.5) is 14.6 Å². The minimum atomic E-state index is -2.72. The lowest BCUT2D eigenvalue weighted by atomic mass is 9.85. The van der Waals surface area contributed by atoms with Gasteiger partial charge in [0.05, 0.1) is 30.1 Å². The monoisotopic (exact) mass is 442 g/mol. The SMILES string of the molecule is CC(C)Oc1cc2nc(C34CCC(C3)OC4)cn2cc1C(=O)Nc1cccc(C(F)F)n1. The molecule has 32 heavy (non-hydrogen) atoms. The van der Waals surface area contributed by atoms with Crippen molar-refractivity contribution >= 4 is 17.4 Å². The number of alkyl halides is 2. The normalized spacial score (nSPS) is 22.2. The molecule has 0 aromatic carbocycles. The van der Waals surface area contributed by atoms with Gasteiger partial charge in [-0.2, -0.15) is 0 Å². The van der Waals surface area contributed by atoms with Crippen LogP contribution >= 0.6 is 0 Å². The molecular formula is C23H24F2N4O3. The van der Waals surface area contributed by atoms with Crippen molar-refractivity contribution in [1.82, 2.24) is 14.4 Å². The van der Waals surface area contributed by atoms with E-state index in [4.69, 9.17) is 14.5 Å². The Bertz CT molecular complexity index is 1170. The molecule has 1 N–H and O–H groups in total. The third-order valence-electron chi connectivity index (χ3n) is 6.10. The number of nitrogens with one attached hydrogen (secondary N) is 1. The molecule has 2 aliphatic rings. The molecule has 5 rings (SSSR count). The molecule has 1 amide bonds. The number of carbonyl (C=O) groups excluding carboxylic acids is 1. The summed E-state index contributed by atoms with van der Waals surface area (Å²) in [5, 5.41) is 2.60. The highest BCUT2D eigenvalue weighted by atomic mass is 19.3. The van der Waals surface area contributed by atoms with Crippen LogP contribution in [0, 0.1) is 0 Å². The summed E-state index contributed by atoms with van der Waals surface area (Å²) in [5.74, 6) is -0.0784. The number of ether oxygens (including phenoxy) is 2. The zero-order chi connectivity index (χ0) is 22.5. The lowest BCUT2D eigenvalue weighted by Gasteiger charge is -2.22. The minimum Gasteiger partial charge on any atom is -0.490 e. The number of pyridine rings is 2. The van der Waals surface area contributed by atoms with Gasteiger partial charge in [0.1, 0.15) is 22.9 Å². The standard InChI is InChI=1S/C23H24F2N4O3/c1-13(2)32-17-8-20-27-18(23-7-6-14(9-23)31-12-23)11-29(20)10-15(17)22(30)28-19-5-3-4-16(26-19)21(24)25/h3-5,8,10-11,13-14,21H,6-7,9,12H2,1-2H3,(H,26,28,30). The predicted molar refractivity (Wildman–Crippen MR) is 113 cm³/mol. The molecule has 0 radical (unpaired) electrons. The summed E-state index contributed by atoms with van der Waals surface area (Å²) in [6.45, 7) is 4.39. The first-order valence-electron chi connectivity index (χ1n) is 10.7. The quantitative estimate of drug-likeness (QED) is 0.607. The number of fused-ring (bicyclic) bond motifs is 3. The lowest BCUT2D eigenvalue weighted by molar-refractivity contribution is 0.0692. The van der Waals surface area contributed by atoms with Gasteiger partial charge in [-0.15, -0.1) is 0 Å². The molecule has 168 valence electrons. The molecule has 3 aromatic heterocycles. The number of nitrogens with zero attached hydrogens (tertiary/aromatic N) is 3. The van der Waals surface area contributed by atoms with Crippen molar-refractivity contribution in [3.63, 3.8) is 0 Å². The van der Waals surface area contributed by atoms with Crippen LogP contribution < -0.4 is 10.1 Å². The highest BCUT2D eigenvalue weighted by Crippen LogP contribution is 2.47. The zero-order valence-electron chi connectivity index (χ0n) is 17.8. The fraction of sp³-hybridized carbons (Fsp3) is 0.435. The highest BCUT2D eigenvalue weighted by Gasteiger charge is 2.48. The Hall–Kier alpha value is -3.07. The Morgan fingerprint density at radius 2 is 2.16 bits per heavy atom. The van der Waals surface area contributed by atoms with Crippen LogP contribution in [0.5, 0.6) is 5.75 Å². The summed E-state index contributed by atoms with van der Waals surface area (Å²) in [6, 6.07) is 5.85. The lowest BCUT2D eigenvalue weighted by Crippen LogP contribution is -2.25. The van der Waals surface area contributed by atoms with Crippen molar-refractivity contribution in [1.29, 1.82) is 0 Å². The van der Waals surface area contributed by atoms with Crippen LogP contribution in [0.25, 0.3) is 5.65 Å². The van der Waals surface area contributed by atoms with E-state index in [0.717, 1.165) is 25.0 Å². The van der Waals surface area contributed by atoms with E-state index in [2.05, 4.69) is 10.3 Å². The van der Waals surface area contributed by atoms with Crippen LogP contribution in [0.2, 0.25) is 0 Å². The van der Waals surface area contributed by atoms with E-state index in [1.165, 1.54) is 18.2 Å². The number of anilines is 1. The highest BCUT2D eigenvalue weighted by molar-refractivity contribution is 6.05. The molecule has 2 bridgehead atoms. The third kappa shape index (κ3) is 3.70. The maximum absolute atomic E-state index is 13.1. The van der Waals surface area contributed by atoms with Gasteiger partial charge in [0, 0.05) is 23.9 Å². The number of imidazole rings is 1. The average molecular weight is 442 g/mol. The summed E-state index contributed by atoms with van der Waals surface area (Å²) in [5.41, 5.74) is 1.43. The van der Waals surface area contributed by atoms with Gasteiger partial charge >= 0.3 is 0 Å². The Kier molecular flexibility index (Phi) is 5.08. The number of hydrogen-bond acceptors (Lipinski definition) is 5. The second-order valence-electron chi connectivity index (χ2n) is 8.77. The fourth-order valence-corrected chi connectivity index (χ4v) is 4.55. The number of rotatable bonds is 6. The number of aromatic nitrogens is 3. The number of amides is 1. The van der Waals surface area contributed by atoms with Crippen molar-refractivity contribution in [2.24, 2.45) is 0 Å². The molecule has 2 atom stereocenters. The molecule has 1 saturated heterocycles. The summed E-state index contributed by atoms with van der Waals surface area (Å²) < 4.78 is 39.5. The average Bonchev–Trinajstić information content (AvgIpc) is 3.47. The molecular weight excluding hydrogens is 418 g/mol. The van der Waals surface area contributed by atoms with Gasteiger partial charge in [0.25, 0.3) is 12.3 Å². The maximum Gasteiger partial charge on any atom is 0.280 e. The van der Waals surface area contributed by atoms with E-state index in [9.17, 15) is 13.6 Å². The Morgan fingerprint density at radius 1 is 1.31 bits per heavy atom. The van der Waals surface area contributed by atoms with E-state index in [-0.39, 0.29) is 22.9 Å². The Morgan fingerprint density at radius 3 is 2.81 bits per heavy atom. The van der Waals surface area contributed by atoms with Gasteiger partial charge in [-0.25, -0.2) is 18.7 Å². The molecule has 1 saturated carbocycles. The molecule has 1 aliphatic carbocycles. The van der Waals surface area contributed by atoms with Crippen LogP contribution in [0.3, 0.4) is 0 Å². The number of hydrogen-bond donors (Lipinski definition) is 1. The topological polar surface area (TPSA) is 77.8 Å². The summed E-state index contributed by atoms with van der Waals surface area (Å²) in [6.07, 6.45) is 4.05. The smallest absolute Gasteiger partial charge is 0.280 e. The van der Waals surface area contributed by atoms with Crippen LogP contribution in [-0.2, 0) is 10.2 Å². The van der Waals surface area contributed by atoms with Gasteiger partial charge in [-0.3, -0.25) is 4.79 Å². The van der Waals surface area contributed by atoms with Gasteiger partial charge < -0.3 is 19.2 Å². The van der Waals surface area contributed by atoms with E-state index in [1.54, 1.807) is 16.7 Å².